The highest BCUT2D eigenvalue weighted by molar-refractivity contribution is 5.94. The maximum absolute atomic E-state index is 11.6. The Balaban J connectivity index is 2.38. The fraction of sp³-hybridized carbons (Fsp3) is 0.739. The smallest absolute Gasteiger partial charge is 0.321 e. The lowest BCUT2D eigenvalue weighted by molar-refractivity contribution is -0.120. The summed E-state index contributed by atoms with van der Waals surface area (Å²) in [5, 5.41) is 35.4. The summed E-state index contributed by atoms with van der Waals surface area (Å²) in [6.07, 6.45) is 12.4. The minimum Gasteiger partial charge on any atom is -0.393 e. The van der Waals surface area contributed by atoms with Gasteiger partial charge in [0.2, 0.25) is 5.91 Å². The summed E-state index contributed by atoms with van der Waals surface area (Å²) in [6, 6.07) is -0.471. The Kier molecular flexibility index (Phi) is 13.3. The first kappa shape index (κ1) is 26.3. The van der Waals surface area contributed by atoms with Gasteiger partial charge in [-0.1, -0.05) is 50.5 Å². The quantitative estimate of drug-likeness (QED) is 0.230. The molecule has 7 heteroatoms. The highest BCUT2D eigenvalue weighted by Gasteiger charge is 2.39. The fourth-order valence-electron chi connectivity index (χ4n) is 3.81. The van der Waals surface area contributed by atoms with Crippen molar-refractivity contribution in [1.82, 2.24) is 10.6 Å². The monoisotopic (exact) mass is 424 g/mol. The predicted molar refractivity (Wildman–Crippen MR) is 118 cm³/mol. The first-order chi connectivity index (χ1) is 14.4. The van der Waals surface area contributed by atoms with Crippen LogP contribution in [0.1, 0.15) is 71.6 Å². The molecule has 0 bridgehead atoms. The normalized spacial score (nSPS) is 25.1. The number of unbranched alkanes of at least 4 members (excludes halogenated alkanes) is 3. The van der Waals surface area contributed by atoms with Gasteiger partial charge in [0.25, 0.3) is 0 Å². The lowest BCUT2D eigenvalue weighted by atomic mass is 9.89. The van der Waals surface area contributed by atoms with Crippen molar-refractivity contribution in [2.75, 3.05) is 6.54 Å². The third-order valence-corrected chi connectivity index (χ3v) is 5.51. The number of carbonyl (C=O) groups excluding carboxylic acids is 2. The van der Waals surface area contributed by atoms with E-state index in [1.54, 1.807) is 13.0 Å². The number of carbonyl (C=O) groups is 2. The number of rotatable bonds is 13. The van der Waals surface area contributed by atoms with Crippen LogP contribution in [0.15, 0.2) is 24.3 Å². The molecule has 7 nitrogen and oxygen atoms in total. The maximum atomic E-state index is 11.6. The molecular weight excluding hydrogens is 384 g/mol. The van der Waals surface area contributed by atoms with Crippen LogP contribution in [0.25, 0.3) is 0 Å². The summed E-state index contributed by atoms with van der Waals surface area (Å²) in [5.74, 6) is -0.559. The second-order valence-corrected chi connectivity index (χ2v) is 8.07. The molecule has 0 aromatic rings. The molecule has 0 aliphatic heterocycles. The second-order valence-electron chi connectivity index (χ2n) is 8.07. The van der Waals surface area contributed by atoms with E-state index in [0.29, 0.717) is 38.6 Å². The van der Waals surface area contributed by atoms with Gasteiger partial charge >= 0.3 is 6.03 Å². The van der Waals surface area contributed by atoms with Gasteiger partial charge in [0, 0.05) is 25.3 Å². The molecule has 1 fully saturated rings. The molecule has 172 valence electrons. The van der Waals surface area contributed by atoms with Crippen LogP contribution < -0.4 is 10.6 Å². The Morgan fingerprint density at radius 3 is 2.57 bits per heavy atom. The molecule has 5 atom stereocenters. The van der Waals surface area contributed by atoms with E-state index in [1.165, 1.54) is 0 Å². The fourth-order valence-corrected chi connectivity index (χ4v) is 3.81. The topological polar surface area (TPSA) is 119 Å². The van der Waals surface area contributed by atoms with Gasteiger partial charge < -0.3 is 20.6 Å². The van der Waals surface area contributed by atoms with E-state index in [4.69, 9.17) is 0 Å². The van der Waals surface area contributed by atoms with Gasteiger partial charge in [-0.2, -0.15) is 0 Å². The van der Waals surface area contributed by atoms with E-state index in [0.717, 1.165) is 19.3 Å². The maximum Gasteiger partial charge on any atom is 0.321 e. The number of aliphatic hydroxyl groups excluding tert-OH is 3. The van der Waals surface area contributed by atoms with Crippen molar-refractivity contribution < 1.29 is 24.9 Å². The van der Waals surface area contributed by atoms with Crippen LogP contribution in [0.4, 0.5) is 4.79 Å². The number of allylic oxidation sites excluding steroid dienone is 2. The van der Waals surface area contributed by atoms with Gasteiger partial charge in [0.05, 0.1) is 18.3 Å². The van der Waals surface area contributed by atoms with E-state index in [2.05, 4.69) is 17.6 Å². The van der Waals surface area contributed by atoms with Crippen molar-refractivity contribution in [3.05, 3.63) is 24.3 Å². The minimum absolute atomic E-state index is 0.0867. The van der Waals surface area contributed by atoms with Crippen molar-refractivity contribution in [3.8, 4) is 0 Å². The summed E-state index contributed by atoms with van der Waals surface area (Å²) >= 11 is 0. The van der Waals surface area contributed by atoms with Gasteiger partial charge in [-0.3, -0.25) is 10.1 Å². The number of hydrogen-bond donors (Lipinski definition) is 5. The number of imide groups is 1. The molecule has 30 heavy (non-hydrogen) atoms. The van der Waals surface area contributed by atoms with E-state index < -0.39 is 24.3 Å². The molecule has 0 heterocycles. The zero-order valence-electron chi connectivity index (χ0n) is 18.4. The van der Waals surface area contributed by atoms with E-state index >= 15 is 0 Å². The summed E-state index contributed by atoms with van der Waals surface area (Å²) < 4.78 is 0. The third kappa shape index (κ3) is 10.4. The predicted octanol–water partition coefficient (Wildman–Crippen LogP) is 2.80. The minimum atomic E-state index is -0.601. The Hall–Kier alpha value is -1.70. The molecule has 1 rings (SSSR count). The third-order valence-electron chi connectivity index (χ3n) is 5.51. The van der Waals surface area contributed by atoms with Crippen molar-refractivity contribution in [3.63, 3.8) is 0 Å². The van der Waals surface area contributed by atoms with Crippen LogP contribution in [0.2, 0.25) is 0 Å². The molecule has 0 radical (unpaired) electrons. The zero-order chi connectivity index (χ0) is 22.4. The molecule has 0 spiro atoms. The highest BCUT2D eigenvalue weighted by atomic mass is 16.3. The SMILES string of the molecule is CCCCC[C@H](O)/C=C/[C@@H]1[C@@H](C/C=C\CCCC(=O)NC(=O)NCC)[C@@H](O)C[C@H]1O. The molecule has 1 saturated carbocycles. The van der Waals surface area contributed by atoms with Crippen molar-refractivity contribution in [2.45, 2.75) is 89.9 Å². The summed E-state index contributed by atoms with van der Waals surface area (Å²) in [4.78, 5) is 22.9. The van der Waals surface area contributed by atoms with E-state index in [1.807, 2.05) is 18.2 Å². The largest absolute Gasteiger partial charge is 0.393 e. The first-order valence-electron chi connectivity index (χ1n) is 11.3. The van der Waals surface area contributed by atoms with Gasteiger partial charge in [-0.15, -0.1) is 0 Å². The van der Waals surface area contributed by atoms with Crippen molar-refractivity contribution in [1.29, 1.82) is 0 Å². The molecule has 1 aliphatic rings. The van der Waals surface area contributed by atoms with Crippen molar-refractivity contribution in [2.24, 2.45) is 11.8 Å². The highest BCUT2D eigenvalue weighted by Crippen LogP contribution is 2.36. The van der Waals surface area contributed by atoms with Gasteiger partial charge in [-0.25, -0.2) is 4.79 Å². The molecule has 1 aliphatic carbocycles. The first-order valence-corrected chi connectivity index (χ1v) is 11.3. The Labute approximate surface area is 180 Å². The zero-order valence-corrected chi connectivity index (χ0v) is 18.4. The average Bonchev–Trinajstić information content (AvgIpc) is 2.95. The number of amides is 3. The molecular formula is C23H40N2O5. The van der Waals surface area contributed by atoms with Crippen molar-refractivity contribution >= 4 is 11.9 Å². The van der Waals surface area contributed by atoms with E-state index in [9.17, 15) is 24.9 Å². The average molecular weight is 425 g/mol. The molecule has 0 saturated heterocycles. The molecule has 0 unspecified atom stereocenters. The number of aliphatic hydroxyl groups is 3. The Morgan fingerprint density at radius 1 is 1.10 bits per heavy atom. The van der Waals surface area contributed by atoms with Gasteiger partial charge in [0.1, 0.15) is 0 Å². The van der Waals surface area contributed by atoms with Gasteiger partial charge in [-0.05, 0) is 38.5 Å². The summed E-state index contributed by atoms with van der Waals surface area (Å²) in [5.41, 5.74) is 0. The summed E-state index contributed by atoms with van der Waals surface area (Å²) in [7, 11) is 0. The summed E-state index contributed by atoms with van der Waals surface area (Å²) in [6.45, 7) is 4.38. The Morgan fingerprint density at radius 2 is 1.87 bits per heavy atom. The van der Waals surface area contributed by atoms with Crippen LogP contribution in [0, 0.1) is 11.8 Å². The van der Waals surface area contributed by atoms with E-state index in [-0.39, 0.29) is 24.2 Å². The number of hydrogen-bond acceptors (Lipinski definition) is 5. The van der Waals surface area contributed by atoms with Gasteiger partial charge in [0.15, 0.2) is 0 Å². The van der Waals surface area contributed by atoms with Crippen LogP contribution in [0.3, 0.4) is 0 Å². The lowest BCUT2D eigenvalue weighted by Crippen LogP contribution is -2.39. The second kappa shape index (κ2) is 15.2. The van der Waals surface area contributed by atoms with Crippen LogP contribution >= 0.6 is 0 Å². The number of nitrogens with one attached hydrogen (secondary N) is 2. The van der Waals surface area contributed by atoms with Crippen LogP contribution in [-0.4, -0.2) is 52.1 Å². The molecule has 0 aromatic carbocycles. The van der Waals surface area contributed by atoms with Crippen LogP contribution in [0.5, 0.6) is 0 Å². The molecule has 5 N–H and O–H groups in total. The lowest BCUT2D eigenvalue weighted by Gasteiger charge is -2.19. The Bertz CT molecular complexity index is 564. The standard InChI is InChI=1S/C23H40N2O5/c1-3-5-8-11-17(26)14-15-19-18(20(27)16-21(19)28)12-9-6-7-10-13-22(29)25-23(30)24-4-2/h6,9,14-15,17-21,26-28H,3-5,7-8,10-13,16H2,1-2H3,(H2,24,25,29,30)/b9-6-,15-14+/t17-,18+,19+,20-,21+/m0/s1. The molecule has 0 aromatic heterocycles. The van der Waals surface area contributed by atoms with Crippen LogP contribution in [-0.2, 0) is 4.79 Å². The number of urea groups is 1. The molecule has 3 amide bonds.